The van der Waals surface area contributed by atoms with E-state index in [9.17, 15) is 0 Å². The second kappa shape index (κ2) is 6.58. The van der Waals surface area contributed by atoms with Crippen molar-refractivity contribution in [3.8, 4) is 5.75 Å². The van der Waals surface area contributed by atoms with Gasteiger partial charge in [-0.3, -0.25) is 0 Å². The van der Waals surface area contributed by atoms with Crippen LogP contribution in [0.5, 0.6) is 5.75 Å². The number of nitrogens with two attached hydrogens (primary N) is 1. The van der Waals surface area contributed by atoms with Crippen LogP contribution < -0.4 is 10.5 Å². The summed E-state index contributed by atoms with van der Waals surface area (Å²) in [5.41, 5.74) is 8.64. The SMILES string of the molecule is CC(C)c1cccc(OC(C)C(N)c2ccccc2)c1. The summed E-state index contributed by atoms with van der Waals surface area (Å²) in [7, 11) is 0. The average Bonchev–Trinajstić information content (AvgIpc) is 2.47. The molecule has 0 saturated carbocycles. The van der Waals surface area contributed by atoms with E-state index in [2.05, 4.69) is 26.0 Å². The minimum atomic E-state index is -0.126. The Kier molecular flexibility index (Phi) is 4.80. The maximum Gasteiger partial charge on any atom is 0.120 e. The van der Waals surface area contributed by atoms with Crippen LogP contribution in [-0.4, -0.2) is 6.10 Å². The van der Waals surface area contributed by atoms with E-state index in [1.54, 1.807) is 0 Å². The molecule has 0 amide bonds. The standard InChI is InChI=1S/C18H23NO/c1-13(2)16-10-7-11-17(12-16)20-14(3)18(19)15-8-5-4-6-9-15/h4-14,18H,19H2,1-3H3. The van der Waals surface area contributed by atoms with Crippen LogP contribution in [-0.2, 0) is 0 Å². The van der Waals surface area contributed by atoms with Crippen molar-refractivity contribution < 1.29 is 4.74 Å². The van der Waals surface area contributed by atoms with E-state index in [0.717, 1.165) is 11.3 Å². The van der Waals surface area contributed by atoms with E-state index < -0.39 is 0 Å². The maximum atomic E-state index is 6.26. The second-order valence-corrected chi connectivity index (χ2v) is 5.49. The summed E-state index contributed by atoms with van der Waals surface area (Å²) in [6.07, 6.45) is -0.0696. The van der Waals surface area contributed by atoms with Crippen LogP contribution in [0.2, 0.25) is 0 Å². The average molecular weight is 269 g/mol. The van der Waals surface area contributed by atoms with Crippen LogP contribution >= 0.6 is 0 Å². The van der Waals surface area contributed by atoms with Gasteiger partial charge in [0, 0.05) is 0 Å². The Morgan fingerprint density at radius 2 is 1.50 bits per heavy atom. The largest absolute Gasteiger partial charge is 0.489 e. The molecule has 0 bridgehead atoms. The van der Waals surface area contributed by atoms with Crippen LogP contribution in [0.25, 0.3) is 0 Å². The summed E-state index contributed by atoms with van der Waals surface area (Å²) in [6.45, 7) is 6.37. The molecule has 0 saturated heterocycles. The molecule has 2 unspecified atom stereocenters. The molecule has 2 N–H and O–H groups in total. The molecule has 2 aromatic carbocycles. The lowest BCUT2D eigenvalue weighted by Gasteiger charge is -2.22. The molecule has 2 rings (SSSR count). The highest BCUT2D eigenvalue weighted by molar-refractivity contribution is 5.31. The van der Waals surface area contributed by atoms with E-state index in [0.29, 0.717) is 5.92 Å². The molecule has 0 aliphatic rings. The second-order valence-electron chi connectivity index (χ2n) is 5.49. The first kappa shape index (κ1) is 14.6. The molecule has 0 aliphatic heterocycles. The van der Waals surface area contributed by atoms with Gasteiger partial charge in [-0.15, -0.1) is 0 Å². The van der Waals surface area contributed by atoms with Gasteiger partial charge in [0.15, 0.2) is 0 Å². The molecule has 0 fully saturated rings. The van der Waals surface area contributed by atoms with Gasteiger partial charge in [0.05, 0.1) is 6.04 Å². The first-order valence-electron chi connectivity index (χ1n) is 7.15. The van der Waals surface area contributed by atoms with Gasteiger partial charge in [-0.05, 0) is 36.1 Å². The minimum Gasteiger partial charge on any atom is -0.489 e. The molecule has 2 aromatic rings. The van der Waals surface area contributed by atoms with E-state index in [1.165, 1.54) is 5.56 Å². The zero-order valence-electron chi connectivity index (χ0n) is 12.4. The van der Waals surface area contributed by atoms with Crippen molar-refractivity contribution in [2.24, 2.45) is 5.73 Å². The van der Waals surface area contributed by atoms with Crippen LogP contribution in [0, 0.1) is 0 Å². The molecular weight excluding hydrogens is 246 g/mol. The third-order valence-electron chi connectivity index (χ3n) is 3.54. The lowest BCUT2D eigenvalue weighted by molar-refractivity contribution is 0.190. The summed E-state index contributed by atoms with van der Waals surface area (Å²) in [5.74, 6) is 1.38. The Hall–Kier alpha value is -1.80. The van der Waals surface area contributed by atoms with Crippen LogP contribution in [0.1, 0.15) is 43.9 Å². The van der Waals surface area contributed by atoms with Crippen molar-refractivity contribution in [1.82, 2.24) is 0 Å². The van der Waals surface area contributed by atoms with Gasteiger partial charge >= 0.3 is 0 Å². The first-order valence-corrected chi connectivity index (χ1v) is 7.15. The summed E-state index contributed by atoms with van der Waals surface area (Å²) in [4.78, 5) is 0. The van der Waals surface area contributed by atoms with Crippen molar-refractivity contribution in [3.63, 3.8) is 0 Å². The molecule has 2 nitrogen and oxygen atoms in total. The topological polar surface area (TPSA) is 35.2 Å². The summed E-state index contributed by atoms with van der Waals surface area (Å²) in [5, 5.41) is 0. The van der Waals surface area contributed by atoms with Gasteiger partial charge in [-0.1, -0.05) is 56.3 Å². The zero-order chi connectivity index (χ0) is 14.5. The molecule has 0 aromatic heterocycles. The van der Waals surface area contributed by atoms with E-state index >= 15 is 0 Å². The van der Waals surface area contributed by atoms with E-state index in [4.69, 9.17) is 10.5 Å². The first-order chi connectivity index (χ1) is 9.58. The summed E-state index contributed by atoms with van der Waals surface area (Å²) >= 11 is 0. The minimum absolute atomic E-state index is 0.0696. The Morgan fingerprint density at radius 3 is 2.15 bits per heavy atom. The third-order valence-corrected chi connectivity index (χ3v) is 3.54. The summed E-state index contributed by atoms with van der Waals surface area (Å²) in [6, 6.07) is 18.2. The van der Waals surface area contributed by atoms with Crippen molar-refractivity contribution in [2.45, 2.75) is 38.8 Å². The number of hydrogen-bond acceptors (Lipinski definition) is 2. The quantitative estimate of drug-likeness (QED) is 0.879. The van der Waals surface area contributed by atoms with Crippen molar-refractivity contribution in [2.75, 3.05) is 0 Å². The Morgan fingerprint density at radius 1 is 0.850 bits per heavy atom. The predicted octanol–water partition coefficient (Wildman–Crippen LogP) is 4.28. The van der Waals surface area contributed by atoms with Gasteiger partial charge < -0.3 is 10.5 Å². The molecule has 2 atom stereocenters. The van der Waals surface area contributed by atoms with Gasteiger partial charge in [-0.2, -0.15) is 0 Å². The molecule has 20 heavy (non-hydrogen) atoms. The smallest absolute Gasteiger partial charge is 0.120 e. The number of rotatable bonds is 5. The number of benzene rings is 2. The Balaban J connectivity index is 2.08. The highest BCUT2D eigenvalue weighted by Gasteiger charge is 2.16. The maximum absolute atomic E-state index is 6.26. The molecule has 0 radical (unpaired) electrons. The highest BCUT2D eigenvalue weighted by Crippen LogP contribution is 2.23. The highest BCUT2D eigenvalue weighted by atomic mass is 16.5. The fourth-order valence-corrected chi connectivity index (χ4v) is 2.18. The van der Waals surface area contributed by atoms with E-state index in [-0.39, 0.29) is 12.1 Å². The zero-order valence-corrected chi connectivity index (χ0v) is 12.4. The van der Waals surface area contributed by atoms with Gasteiger partial charge in [0.1, 0.15) is 11.9 Å². The fourth-order valence-electron chi connectivity index (χ4n) is 2.18. The Bertz CT molecular complexity index is 536. The number of hydrogen-bond donors (Lipinski definition) is 1. The summed E-state index contributed by atoms with van der Waals surface area (Å²) < 4.78 is 6.00. The normalized spacial score (nSPS) is 14.1. The lowest BCUT2D eigenvalue weighted by Crippen LogP contribution is -2.28. The molecule has 0 aliphatic carbocycles. The fraction of sp³-hybridized carbons (Fsp3) is 0.333. The lowest BCUT2D eigenvalue weighted by atomic mass is 10.0. The predicted molar refractivity (Wildman–Crippen MR) is 84.0 cm³/mol. The van der Waals surface area contributed by atoms with E-state index in [1.807, 2.05) is 49.4 Å². The molecule has 0 heterocycles. The molecular formula is C18H23NO. The monoisotopic (exact) mass is 269 g/mol. The van der Waals surface area contributed by atoms with Crippen molar-refractivity contribution >= 4 is 0 Å². The Labute approximate surface area is 121 Å². The number of ether oxygens (including phenoxy) is 1. The van der Waals surface area contributed by atoms with Crippen LogP contribution in [0.3, 0.4) is 0 Å². The van der Waals surface area contributed by atoms with Crippen molar-refractivity contribution in [1.29, 1.82) is 0 Å². The molecule has 2 heteroatoms. The van der Waals surface area contributed by atoms with Gasteiger partial charge in [0.2, 0.25) is 0 Å². The molecule has 0 spiro atoms. The third kappa shape index (κ3) is 3.61. The van der Waals surface area contributed by atoms with Crippen LogP contribution in [0.15, 0.2) is 54.6 Å². The van der Waals surface area contributed by atoms with Gasteiger partial charge in [-0.25, -0.2) is 0 Å². The van der Waals surface area contributed by atoms with Crippen molar-refractivity contribution in [3.05, 3.63) is 65.7 Å². The molecule has 106 valence electrons. The van der Waals surface area contributed by atoms with Gasteiger partial charge in [0.25, 0.3) is 0 Å². The van der Waals surface area contributed by atoms with Crippen LogP contribution in [0.4, 0.5) is 0 Å².